The molecular formula is C17H14ClFN2O. The quantitative estimate of drug-likeness (QED) is 0.752. The van der Waals surface area contributed by atoms with E-state index in [1.54, 1.807) is 12.3 Å². The summed E-state index contributed by atoms with van der Waals surface area (Å²) in [6, 6.07) is 11.9. The van der Waals surface area contributed by atoms with Gasteiger partial charge in [-0.1, -0.05) is 23.7 Å². The lowest BCUT2D eigenvalue weighted by Gasteiger charge is -2.05. The molecule has 2 N–H and O–H groups in total. The summed E-state index contributed by atoms with van der Waals surface area (Å²) in [5.41, 5.74) is 2.19. The van der Waals surface area contributed by atoms with Crippen molar-refractivity contribution in [1.29, 1.82) is 0 Å². The summed E-state index contributed by atoms with van der Waals surface area (Å²) in [5, 5.41) is 4.26. The number of fused-ring (bicyclic) bond motifs is 1. The molecule has 0 saturated heterocycles. The van der Waals surface area contributed by atoms with E-state index in [9.17, 15) is 9.18 Å². The molecule has 0 aliphatic carbocycles. The van der Waals surface area contributed by atoms with Crippen molar-refractivity contribution in [2.24, 2.45) is 0 Å². The molecule has 0 unspecified atom stereocenters. The second-order valence-electron chi connectivity index (χ2n) is 5.03. The zero-order valence-electron chi connectivity index (χ0n) is 11.7. The molecule has 0 aliphatic rings. The van der Waals surface area contributed by atoms with Crippen LogP contribution in [-0.2, 0) is 6.42 Å². The molecule has 5 heteroatoms. The minimum Gasteiger partial charge on any atom is -0.360 e. The fourth-order valence-electron chi connectivity index (χ4n) is 2.39. The molecule has 0 atom stereocenters. The van der Waals surface area contributed by atoms with Crippen LogP contribution in [0, 0.1) is 5.82 Å². The Morgan fingerprint density at radius 1 is 1.23 bits per heavy atom. The number of halogens is 2. The number of hydrogen-bond acceptors (Lipinski definition) is 1. The van der Waals surface area contributed by atoms with Gasteiger partial charge in [0.2, 0.25) is 0 Å². The van der Waals surface area contributed by atoms with Gasteiger partial charge in [-0.3, -0.25) is 4.79 Å². The van der Waals surface area contributed by atoms with E-state index >= 15 is 0 Å². The molecule has 3 rings (SSSR count). The van der Waals surface area contributed by atoms with Gasteiger partial charge in [0.1, 0.15) is 5.82 Å². The van der Waals surface area contributed by atoms with Crippen LogP contribution >= 0.6 is 11.6 Å². The number of rotatable bonds is 4. The van der Waals surface area contributed by atoms with Gasteiger partial charge >= 0.3 is 0 Å². The molecule has 0 aliphatic heterocycles. The van der Waals surface area contributed by atoms with E-state index in [0.717, 1.165) is 5.56 Å². The van der Waals surface area contributed by atoms with Gasteiger partial charge in [0.15, 0.2) is 0 Å². The van der Waals surface area contributed by atoms with Crippen molar-refractivity contribution < 1.29 is 9.18 Å². The van der Waals surface area contributed by atoms with Crippen LogP contribution in [0.25, 0.3) is 10.9 Å². The summed E-state index contributed by atoms with van der Waals surface area (Å²) in [7, 11) is 0. The van der Waals surface area contributed by atoms with Crippen LogP contribution in [0.1, 0.15) is 15.9 Å². The van der Waals surface area contributed by atoms with E-state index in [4.69, 9.17) is 11.6 Å². The van der Waals surface area contributed by atoms with Crippen molar-refractivity contribution >= 4 is 28.4 Å². The molecule has 2 aromatic carbocycles. The number of amides is 1. The van der Waals surface area contributed by atoms with Gasteiger partial charge in [-0.2, -0.15) is 0 Å². The molecule has 1 aromatic heterocycles. The summed E-state index contributed by atoms with van der Waals surface area (Å²) in [4.78, 5) is 15.1. The van der Waals surface area contributed by atoms with Gasteiger partial charge in [-0.15, -0.1) is 0 Å². The Kier molecular flexibility index (Phi) is 4.11. The molecule has 1 amide bonds. The first-order valence-corrected chi connectivity index (χ1v) is 7.30. The molecule has 112 valence electrons. The lowest BCUT2D eigenvalue weighted by Crippen LogP contribution is -2.25. The standard InChI is InChI=1S/C17H14ClFN2O/c18-12-3-1-2-11(8-12)6-7-20-17(22)15-10-21-16-9-13(19)4-5-14(15)16/h1-5,8-10,21H,6-7H2,(H,20,22). The summed E-state index contributed by atoms with van der Waals surface area (Å²) in [5.74, 6) is -0.512. The van der Waals surface area contributed by atoms with Crippen LogP contribution in [-0.4, -0.2) is 17.4 Å². The Labute approximate surface area is 132 Å². The predicted molar refractivity (Wildman–Crippen MR) is 85.7 cm³/mol. The predicted octanol–water partition coefficient (Wildman–Crippen LogP) is 3.93. The zero-order valence-corrected chi connectivity index (χ0v) is 12.5. The summed E-state index contributed by atoms with van der Waals surface area (Å²) in [6.07, 6.45) is 2.29. The molecule has 0 saturated carbocycles. The van der Waals surface area contributed by atoms with Gasteiger partial charge in [0.25, 0.3) is 5.91 Å². The average Bonchev–Trinajstić information content (AvgIpc) is 2.90. The van der Waals surface area contributed by atoms with Crippen molar-refractivity contribution in [2.45, 2.75) is 6.42 Å². The third-order valence-corrected chi connectivity index (χ3v) is 3.71. The number of carbonyl (C=O) groups is 1. The van der Waals surface area contributed by atoms with Crippen molar-refractivity contribution in [3.63, 3.8) is 0 Å². The maximum Gasteiger partial charge on any atom is 0.253 e. The molecule has 0 fully saturated rings. The van der Waals surface area contributed by atoms with Crippen molar-refractivity contribution in [3.05, 3.63) is 70.6 Å². The van der Waals surface area contributed by atoms with Gasteiger partial charge in [0, 0.05) is 28.7 Å². The van der Waals surface area contributed by atoms with Gasteiger partial charge < -0.3 is 10.3 Å². The van der Waals surface area contributed by atoms with Crippen molar-refractivity contribution in [3.8, 4) is 0 Å². The van der Waals surface area contributed by atoms with Crippen LogP contribution in [0.4, 0.5) is 4.39 Å². The minimum atomic E-state index is -0.331. The lowest BCUT2D eigenvalue weighted by molar-refractivity contribution is 0.0956. The highest BCUT2D eigenvalue weighted by Gasteiger charge is 2.11. The Bertz CT molecular complexity index is 828. The van der Waals surface area contributed by atoms with E-state index in [1.807, 2.05) is 24.3 Å². The molecule has 22 heavy (non-hydrogen) atoms. The second-order valence-corrected chi connectivity index (χ2v) is 5.46. The third-order valence-electron chi connectivity index (χ3n) is 3.48. The molecular weight excluding hydrogens is 303 g/mol. The number of carbonyl (C=O) groups excluding carboxylic acids is 1. The normalized spacial score (nSPS) is 10.8. The van der Waals surface area contributed by atoms with E-state index in [0.29, 0.717) is 34.5 Å². The maximum atomic E-state index is 13.1. The van der Waals surface area contributed by atoms with Gasteiger partial charge in [-0.25, -0.2) is 4.39 Å². The fraction of sp³-hybridized carbons (Fsp3) is 0.118. The molecule has 0 bridgehead atoms. The maximum absolute atomic E-state index is 13.1. The Morgan fingerprint density at radius 3 is 2.91 bits per heavy atom. The van der Waals surface area contributed by atoms with Crippen LogP contribution < -0.4 is 5.32 Å². The number of aromatic amines is 1. The second kappa shape index (κ2) is 6.20. The number of hydrogen-bond donors (Lipinski definition) is 2. The Morgan fingerprint density at radius 2 is 2.09 bits per heavy atom. The third kappa shape index (κ3) is 3.12. The highest BCUT2D eigenvalue weighted by atomic mass is 35.5. The highest BCUT2D eigenvalue weighted by Crippen LogP contribution is 2.19. The summed E-state index contributed by atoms with van der Waals surface area (Å²) in [6.45, 7) is 0.507. The lowest BCUT2D eigenvalue weighted by atomic mass is 10.1. The SMILES string of the molecule is O=C(NCCc1cccc(Cl)c1)c1c[nH]c2cc(F)ccc12. The van der Waals surface area contributed by atoms with Crippen LogP contribution in [0.3, 0.4) is 0 Å². The molecule has 3 nitrogen and oxygen atoms in total. The van der Waals surface area contributed by atoms with E-state index in [-0.39, 0.29) is 11.7 Å². The Hall–Kier alpha value is -2.33. The van der Waals surface area contributed by atoms with Gasteiger partial charge in [-0.05, 0) is 42.3 Å². The minimum absolute atomic E-state index is 0.181. The largest absolute Gasteiger partial charge is 0.360 e. The number of benzene rings is 2. The van der Waals surface area contributed by atoms with Crippen molar-refractivity contribution in [1.82, 2.24) is 10.3 Å². The Balaban J connectivity index is 1.66. The monoisotopic (exact) mass is 316 g/mol. The van der Waals surface area contributed by atoms with Crippen molar-refractivity contribution in [2.75, 3.05) is 6.54 Å². The van der Waals surface area contributed by atoms with E-state index in [2.05, 4.69) is 10.3 Å². The number of aromatic nitrogens is 1. The molecule has 0 radical (unpaired) electrons. The molecule has 1 heterocycles. The zero-order chi connectivity index (χ0) is 15.5. The topological polar surface area (TPSA) is 44.9 Å². The van der Waals surface area contributed by atoms with E-state index < -0.39 is 0 Å². The summed E-state index contributed by atoms with van der Waals surface area (Å²) >= 11 is 5.92. The highest BCUT2D eigenvalue weighted by molar-refractivity contribution is 6.30. The smallest absolute Gasteiger partial charge is 0.253 e. The first-order valence-electron chi connectivity index (χ1n) is 6.93. The molecule has 0 spiro atoms. The first-order chi connectivity index (χ1) is 10.6. The summed E-state index contributed by atoms with van der Waals surface area (Å²) < 4.78 is 13.1. The fourth-order valence-corrected chi connectivity index (χ4v) is 2.61. The van der Waals surface area contributed by atoms with Crippen LogP contribution in [0.15, 0.2) is 48.7 Å². The number of nitrogens with one attached hydrogen (secondary N) is 2. The van der Waals surface area contributed by atoms with E-state index in [1.165, 1.54) is 12.1 Å². The van der Waals surface area contributed by atoms with Crippen LogP contribution in [0.2, 0.25) is 5.02 Å². The van der Waals surface area contributed by atoms with Gasteiger partial charge in [0.05, 0.1) is 5.56 Å². The molecule has 3 aromatic rings. The average molecular weight is 317 g/mol. The first kappa shape index (κ1) is 14.6. The number of H-pyrrole nitrogens is 1. The van der Waals surface area contributed by atoms with Crippen LogP contribution in [0.5, 0.6) is 0 Å².